The maximum absolute atomic E-state index is 12.9. The van der Waals surface area contributed by atoms with Gasteiger partial charge in [0.15, 0.2) is 0 Å². The van der Waals surface area contributed by atoms with Gasteiger partial charge in [0.1, 0.15) is 0 Å². The van der Waals surface area contributed by atoms with Crippen molar-refractivity contribution < 1.29 is 13.2 Å². The number of likely N-dealkylation sites (N-methyl/N-ethyl adjacent to an activating group) is 1. The molecule has 1 aromatic carbocycles. The maximum Gasteiger partial charge on any atom is 0.251 e. The molecular formula is C19H29N3O3S. The smallest absolute Gasteiger partial charge is 0.251 e. The third kappa shape index (κ3) is 4.45. The molecule has 2 fully saturated rings. The standard InChI is InChI=1S/C19H29N3O3S/c1-2-21-11-13-22(14-12-21)26(24,25)18-10-6-7-16(15-18)19(23)20-17-8-4-3-5-9-17/h6-7,10,15,17H,2-5,8-9,11-14H2,1H3,(H,20,23). The highest BCUT2D eigenvalue weighted by molar-refractivity contribution is 7.89. The number of sulfonamides is 1. The lowest BCUT2D eigenvalue weighted by atomic mass is 9.95. The summed E-state index contributed by atoms with van der Waals surface area (Å²) in [4.78, 5) is 15.0. The van der Waals surface area contributed by atoms with Gasteiger partial charge in [-0.1, -0.05) is 32.3 Å². The van der Waals surface area contributed by atoms with E-state index in [4.69, 9.17) is 0 Å². The Morgan fingerprint density at radius 3 is 2.46 bits per heavy atom. The highest BCUT2D eigenvalue weighted by Crippen LogP contribution is 2.20. The highest BCUT2D eigenvalue weighted by Gasteiger charge is 2.28. The molecule has 26 heavy (non-hydrogen) atoms. The summed E-state index contributed by atoms with van der Waals surface area (Å²) in [5.74, 6) is -0.176. The number of nitrogens with zero attached hydrogens (tertiary/aromatic N) is 2. The Labute approximate surface area is 156 Å². The number of amides is 1. The Bertz CT molecular complexity index is 721. The molecule has 6 nitrogen and oxygen atoms in total. The fourth-order valence-electron chi connectivity index (χ4n) is 3.75. The van der Waals surface area contributed by atoms with Crippen molar-refractivity contribution in [1.29, 1.82) is 0 Å². The Hall–Kier alpha value is -1.44. The van der Waals surface area contributed by atoms with Crippen molar-refractivity contribution in [3.05, 3.63) is 29.8 Å². The molecule has 144 valence electrons. The number of benzene rings is 1. The lowest BCUT2D eigenvalue weighted by molar-refractivity contribution is 0.0927. The molecule has 0 spiro atoms. The summed E-state index contributed by atoms with van der Waals surface area (Å²) in [6.45, 7) is 5.50. The van der Waals surface area contributed by atoms with Gasteiger partial charge in [-0.05, 0) is 37.6 Å². The minimum atomic E-state index is -3.56. The molecule has 0 aromatic heterocycles. The van der Waals surface area contributed by atoms with Gasteiger partial charge in [-0.2, -0.15) is 4.31 Å². The molecule has 3 rings (SSSR count). The quantitative estimate of drug-likeness (QED) is 0.850. The third-order valence-electron chi connectivity index (χ3n) is 5.45. The van der Waals surface area contributed by atoms with Crippen LogP contribution in [0.3, 0.4) is 0 Å². The fraction of sp³-hybridized carbons (Fsp3) is 0.632. The summed E-state index contributed by atoms with van der Waals surface area (Å²) in [5.41, 5.74) is 0.420. The molecule has 1 saturated heterocycles. The van der Waals surface area contributed by atoms with Gasteiger partial charge < -0.3 is 10.2 Å². The van der Waals surface area contributed by atoms with Gasteiger partial charge in [-0.25, -0.2) is 8.42 Å². The van der Waals surface area contributed by atoms with E-state index in [0.717, 1.165) is 45.3 Å². The maximum atomic E-state index is 12.9. The Morgan fingerprint density at radius 2 is 1.81 bits per heavy atom. The van der Waals surface area contributed by atoms with Crippen LogP contribution >= 0.6 is 0 Å². The first kappa shape index (κ1) is 19.3. The van der Waals surface area contributed by atoms with Crippen molar-refractivity contribution in [2.45, 2.75) is 50.0 Å². The summed E-state index contributed by atoms with van der Waals surface area (Å²) in [7, 11) is -3.56. The van der Waals surface area contributed by atoms with E-state index in [0.29, 0.717) is 18.7 Å². The predicted octanol–water partition coefficient (Wildman–Crippen LogP) is 2.08. The van der Waals surface area contributed by atoms with E-state index in [2.05, 4.69) is 17.1 Å². The van der Waals surface area contributed by atoms with E-state index in [9.17, 15) is 13.2 Å². The van der Waals surface area contributed by atoms with Crippen LogP contribution in [-0.2, 0) is 10.0 Å². The number of hydrogen-bond donors (Lipinski definition) is 1. The Balaban J connectivity index is 1.70. The van der Waals surface area contributed by atoms with Gasteiger partial charge >= 0.3 is 0 Å². The molecule has 1 saturated carbocycles. The van der Waals surface area contributed by atoms with Crippen molar-refractivity contribution >= 4 is 15.9 Å². The van der Waals surface area contributed by atoms with Crippen LogP contribution in [0.4, 0.5) is 0 Å². The normalized spacial score (nSPS) is 20.8. The summed E-state index contributed by atoms with van der Waals surface area (Å²) >= 11 is 0. The lowest BCUT2D eigenvalue weighted by Crippen LogP contribution is -2.48. The second-order valence-corrected chi connectivity index (χ2v) is 9.11. The number of hydrogen-bond acceptors (Lipinski definition) is 4. The first-order valence-corrected chi connectivity index (χ1v) is 11.1. The first-order chi connectivity index (χ1) is 12.5. The number of carbonyl (C=O) groups excluding carboxylic acids is 1. The molecule has 1 N–H and O–H groups in total. The van der Waals surface area contributed by atoms with Crippen molar-refractivity contribution in [3.63, 3.8) is 0 Å². The van der Waals surface area contributed by atoms with Crippen LogP contribution in [0.5, 0.6) is 0 Å². The van der Waals surface area contributed by atoms with Gasteiger partial charge in [0.2, 0.25) is 10.0 Å². The number of nitrogens with one attached hydrogen (secondary N) is 1. The van der Waals surface area contributed by atoms with Crippen LogP contribution in [0.15, 0.2) is 29.2 Å². The van der Waals surface area contributed by atoms with Crippen molar-refractivity contribution in [1.82, 2.24) is 14.5 Å². The van der Waals surface area contributed by atoms with Crippen LogP contribution in [0, 0.1) is 0 Å². The topological polar surface area (TPSA) is 69.7 Å². The van der Waals surface area contributed by atoms with E-state index in [1.165, 1.54) is 16.8 Å². The molecule has 1 amide bonds. The number of piperazine rings is 1. The van der Waals surface area contributed by atoms with Crippen molar-refractivity contribution in [3.8, 4) is 0 Å². The molecule has 0 unspecified atom stereocenters. The van der Waals surface area contributed by atoms with Crippen LogP contribution < -0.4 is 5.32 Å². The average Bonchev–Trinajstić information content (AvgIpc) is 2.69. The fourth-order valence-corrected chi connectivity index (χ4v) is 5.22. The third-order valence-corrected chi connectivity index (χ3v) is 7.35. The summed E-state index contributed by atoms with van der Waals surface area (Å²) in [6, 6.07) is 6.65. The zero-order chi connectivity index (χ0) is 18.6. The molecule has 2 aliphatic rings. The van der Waals surface area contributed by atoms with E-state index in [-0.39, 0.29) is 16.8 Å². The first-order valence-electron chi connectivity index (χ1n) is 9.64. The lowest BCUT2D eigenvalue weighted by Gasteiger charge is -2.33. The van der Waals surface area contributed by atoms with Gasteiger partial charge in [0.05, 0.1) is 4.90 Å². The molecule has 7 heteroatoms. The van der Waals surface area contributed by atoms with E-state index >= 15 is 0 Å². The highest BCUT2D eigenvalue weighted by atomic mass is 32.2. The summed E-state index contributed by atoms with van der Waals surface area (Å²) < 4.78 is 27.4. The van der Waals surface area contributed by atoms with Gasteiger partial charge in [0.25, 0.3) is 5.91 Å². The molecule has 0 atom stereocenters. The average molecular weight is 380 g/mol. The zero-order valence-corrected chi connectivity index (χ0v) is 16.3. The molecule has 0 radical (unpaired) electrons. The van der Waals surface area contributed by atoms with E-state index in [1.54, 1.807) is 18.2 Å². The van der Waals surface area contributed by atoms with E-state index < -0.39 is 10.0 Å². The molecule has 1 heterocycles. The van der Waals surface area contributed by atoms with Crippen LogP contribution in [0.2, 0.25) is 0 Å². The van der Waals surface area contributed by atoms with Gasteiger partial charge in [-0.15, -0.1) is 0 Å². The SMILES string of the molecule is CCN1CCN(S(=O)(=O)c2cccc(C(=O)NC3CCCCC3)c2)CC1. The number of carbonyl (C=O) groups is 1. The molecule has 1 aromatic rings. The van der Waals surface area contributed by atoms with Crippen LogP contribution in [0.25, 0.3) is 0 Å². The van der Waals surface area contributed by atoms with Gasteiger partial charge in [-0.3, -0.25) is 4.79 Å². The predicted molar refractivity (Wildman–Crippen MR) is 102 cm³/mol. The molecule has 1 aliphatic carbocycles. The molecule has 0 bridgehead atoms. The minimum absolute atomic E-state index is 0.176. The van der Waals surface area contributed by atoms with E-state index in [1.807, 2.05) is 0 Å². The van der Waals surface area contributed by atoms with Crippen molar-refractivity contribution in [2.24, 2.45) is 0 Å². The Morgan fingerprint density at radius 1 is 1.12 bits per heavy atom. The largest absolute Gasteiger partial charge is 0.349 e. The Kier molecular flexibility index (Phi) is 6.32. The van der Waals surface area contributed by atoms with Crippen LogP contribution in [0.1, 0.15) is 49.4 Å². The minimum Gasteiger partial charge on any atom is -0.349 e. The monoisotopic (exact) mass is 379 g/mol. The molecule has 1 aliphatic heterocycles. The zero-order valence-electron chi connectivity index (χ0n) is 15.5. The van der Waals surface area contributed by atoms with Crippen molar-refractivity contribution in [2.75, 3.05) is 32.7 Å². The second-order valence-electron chi connectivity index (χ2n) is 7.17. The van der Waals surface area contributed by atoms with Gasteiger partial charge in [0, 0.05) is 37.8 Å². The second kappa shape index (κ2) is 8.50. The van der Waals surface area contributed by atoms with Crippen LogP contribution in [-0.4, -0.2) is 62.3 Å². The summed E-state index contributed by atoms with van der Waals surface area (Å²) in [6.07, 6.45) is 5.52. The summed E-state index contributed by atoms with van der Waals surface area (Å²) in [5, 5.41) is 3.05. The number of rotatable bonds is 5. The molecular weight excluding hydrogens is 350 g/mol.